The van der Waals surface area contributed by atoms with Gasteiger partial charge in [0, 0.05) is 25.4 Å². The largest absolute Gasteiger partial charge is 0.457 e. The second-order valence-corrected chi connectivity index (χ2v) is 7.13. The second-order valence-electron chi connectivity index (χ2n) is 6.73. The maximum absolute atomic E-state index is 12.9. The van der Waals surface area contributed by atoms with Gasteiger partial charge in [0.15, 0.2) is 0 Å². The van der Waals surface area contributed by atoms with Crippen molar-refractivity contribution in [2.45, 2.75) is 6.18 Å². The third-order valence-electron chi connectivity index (χ3n) is 4.57. The number of halogens is 4. The summed E-state index contributed by atoms with van der Waals surface area (Å²) in [5, 5.41) is 14.5. The minimum atomic E-state index is -4.48. The van der Waals surface area contributed by atoms with Gasteiger partial charge >= 0.3 is 6.18 Å². The summed E-state index contributed by atoms with van der Waals surface area (Å²) in [4.78, 5) is 8.51. The zero-order chi connectivity index (χ0) is 22.9. The molecule has 0 aliphatic rings. The SMILES string of the molecule is Cn1c(Nc2ccc(C(F)(F)F)cc2Cl)nc2cc(Oc3ccnc(/C=N/O)c3)ccc21. The fourth-order valence-electron chi connectivity index (χ4n) is 3.03. The minimum absolute atomic E-state index is 0.0733. The standard InChI is InChI=1S/C21H15ClF3N5O2/c1-30-19-5-3-14(32-15-6-7-26-13(9-15)11-27-31)10-18(19)29-20(30)28-17-4-2-12(8-16(17)22)21(23,24)25/h2-11,31H,1H3,(H,28,29)/b27-11+. The molecule has 0 radical (unpaired) electrons. The Bertz CT molecular complexity index is 1320. The molecular weight excluding hydrogens is 447 g/mol. The maximum atomic E-state index is 12.9. The number of aryl methyl sites for hydroxylation is 1. The van der Waals surface area contributed by atoms with E-state index in [0.717, 1.165) is 17.6 Å². The first kappa shape index (κ1) is 21.4. The first-order valence-corrected chi connectivity index (χ1v) is 9.54. The number of hydrogen-bond donors (Lipinski definition) is 2. The summed E-state index contributed by atoms with van der Waals surface area (Å²) in [6.45, 7) is 0. The fraction of sp³-hybridized carbons (Fsp3) is 0.0952. The number of anilines is 2. The number of pyridine rings is 1. The fourth-order valence-corrected chi connectivity index (χ4v) is 3.25. The lowest BCUT2D eigenvalue weighted by atomic mass is 10.2. The Balaban J connectivity index is 1.60. The van der Waals surface area contributed by atoms with Crippen LogP contribution < -0.4 is 10.1 Å². The van der Waals surface area contributed by atoms with E-state index in [1.165, 1.54) is 18.5 Å². The van der Waals surface area contributed by atoms with Crippen LogP contribution in [0.5, 0.6) is 11.5 Å². The van der Waals surface area contributed by atoms with Crippen LogP contribution >= 0.6 is 11.6 Å². The number of hydrogen-bond acceptors (Lipinski definition) is 6. The summed E-state index contributed by atoms with van der Waals surface area (Å²) in [6.07, 6.45) is -1.78. The van der Waals surface area contributed by atoms with Crippen LogP contribution in [0.4, 0.5) is 24.8 Å². The summed E-state index contributed by atoms with van der Waals surface area (Å²) in [5.74, 6) is 1.39. The predicted octanol–water partition coefficient (Wildman–Crippen LogP) is 5.98. The highest BCUT2D eigenvalue weighted by Gasteiger charge is 2.31. The molecule has 0 amide bonds. The zero-order valence-electron chi connectivity index (χ0n) is 16.4. The van der Waals surface area contributed by atoms with Gasteiger partial charge in [0.25, 0.3) is 0 Å². The number of alkyl halides is 3. The Hall–Kier alpha value is -3.79. The molecule has 11 heteroatoms. The second kappa shape index (κ2) is 8.39. The van der Waals surface area contributed by atoms with Crippen LogP contribution in [-0.4, -0.2) is 26.0 Å². The van der Waals surface area contributed by atoms with Gasteiger partial charge in [-0.15, -0.1) is 0 Å². The molecule has 164 valence electrons. The Morgan fingerprint density at radius 1 is 1.12 bits per heavy atom. The topological polar surface area (TPSA) is 84.6 Å². The monoisotopic (exact) mass is 461 g/mol. The van der Waals surface area contributed by atoms with E-state index in [2.05, 4.69) is 20.4 Å². The van der Waals surface area contributed by atoms with Gasteiger partial charge in [-0.1, -0.05) is 16.8 Å². The third-order valence-corrected chi connectivity index (χ3v) is 4.89. The van der Waals surface area contributed by atoms with E-state index >= 15 is 0 Å². The molecule has 2 aromatic carbocycles. The summed E-state index contributed by atoms with van der Waals surface area (Å²) >= 11 is 6.04. The Morgan fingerprint density at radius 2 is 1.91 bits per heavy atom. The molecule has 2 N–H and O–H groups in total. The highest BCUT2D eigenvalue weighted by atomic mass is 35.5. The van der Waals surface area contributed by atoms with Crippen LogP contribution in [0.15, 0.2) is 59.9 Å². The first-order chi connectivity index (χ1) is 15.2. The average Bonchev–Trinajstić information content (AvgIpc) is 3.04. The maximum Gasteiger partial charge on any atom is 0.416 e. The van der Waals surface area contributed by atoms with E-state index in [0.29, 0.717) is 34.3 Å². The lowest BCUT2D eigenvalue weighted by Gasteiger charge is -2.11. The number of imidazole rings is 1. The van der Waals surface area contributed by atoms with Crippen molar-refractivity contribution >= 4 is 40.5 Å². The van der Waals surface area contributed by atoms with Crippen LogP contribution in [0.3, 0.4) is 0 Å². The van der Waals surface area contributed by atoms with Crippen molar-refractivity contribution in [3.63, 3.8) is 0 Å². The van der Waals surface area contributed by atoms with Crippen LogP contribution in [0.1, 0.15) is 11.3 Å². The zero-order valence-corrected chi connectivity index (χ0v) is 17.2. The molecule has 0 bridgehead atoms. The van der Waals surface area contributed by atoms with Gasteiger partial charge in [0.05, 0.1) is 39.2 Å². The van der Waals surface area contributed by atoms with Gasteiger partial charge in [-0.2, -0.15) is 13.2 Å². The van der Waals surface area contributed by atoms with Crippen LogP contribution in [0, 0.1) is 0 Å². The molecule has 2 aromatic heterocycles. The summed E-state index contributed by atoms with van der Waals surface area (Å²) in [5.41, 5.74) is 1.25. The molecule has 0 spiro atoms. The average molecular weight is 462 g/mol. The van der Waals surface area contributed by atoms with E-state index in [4.69, 9.17) is 21.5 Å². The number of rotatable bonds is 5. The number of nitrogens with zero attached hydrogens (tertiary/aromatic N) is 4. The van der Waals surface area contributed by atoms with Gasteiger partial charge in [-0.25, -0.2) is 4.98 Å². The van der Waals surface area contributed by atoms with E-state index in [1.54, 1.807) is 41.9 Å². The number of oxime groups is 1. The number of fused-ring (bicyclic) bond motifs is 1. The first-order valence-electron chi connectivity index (χ1n) is 9.16. The highest BCUT2D eigenvalue weighted by Crippen LogP contribution is 2.35. The normalized spacial score (nSPS) is 11.9. The highest BCUT2D eigenvalue weighted by molar-refractivity contribution is 6.33. The molecule has 0 saturated heterocycles. The van der Waals surface area contributed by atoms with Gasteiger partial charge in [0.2, 0.25) is 5.95 Å². The van der Waals surface area contributed by atoms with E-state index in [9.17, 15) is 13.2 Å². The van der Waals surface area contributed by atoms with Crippen LogP contribution in [0.2, 0.25) is 5.02 Å². The van der Waals surface area contributed by atoms with Crippen molar-refractivity contribution in [1.29, 1.82) is 0 Å². The quantitative estimate of drug-likeness (QED) is 0.217. The third kappa shape index (κ3) is 4.45. The smallest absolute Gasteiger partial charge is 0.416 e. The van der Waals surface area contributed by atoms with Crippen molar-refractivity contribution in [2.75, 3.05) is 5.32 Å². The van der Waals surface area contributed by atoms with Gasteiger partial charge in [-0.05, 0) is 36.4 Å². The predicted molar refractivity (Wildman–Crippen MR) is 114 cm³/mol. The Labute approximate surface area is 184 Å². The van der Waals surface area contributed by atoms with Crippen molar-refractivity contribution in [3.8, 4) is 11.5 Å². The number of benzene rings is 2. The van der Waals surface area contributed by atoms with Gasteiger partial charge < -0.3 is 19.8 Å². The minimum Gasteiger partial charge on any atom is -0.457 e. The Kier molecular flexibility index (Phi) is 5.62. The van der Waals surface area contributed by atoms with E-state index in [1.807, 2.05) is 0 Å². The lowest BCUT2D eigenvalue weighted by Crippen LogP contribution is -2.05. The van der Waals surface area contributed by atoms with Crippen molar-refractivity contribution in [1.82, 2.24) is 14.5 Å². The molecule has 0 fully saturated rings. The summed E-state index contributed by atoms with van der Waals surface area (Å²) in [7, 11) is 1.76. The molecule has 0 atom stereocenters. The van der Waals surface area contributed by atoms with Crippen LogP contribution in [-0.2, 0) is 13.2 Å². The molecule has 32 heavy (non-hydrogen) atoms. The van der Waals surface area contributed by atoms with Crippen molar-refractivity contribution in [3.05, 3.63) is 71.0 Å². The molecule has 0 aliphatic carbocycles. The summed E-state index contributed by atoms with van der Waals surface area (Å²) in [6, 6.07) is 11.6. The van der Waals surface area contributed by atoms with Gasteiger partial charge in [-0.3, -0.25) is 4.98 Å². The van der Waals surface area contributed by atoms with E-state index < -0.39 is 11.7 Å². The van der Waals surface area contributed by atoms with E-state index in [-0.39, 0.29) is 5.02 Å². The molecule has 0 unspecified atom stereocenters. The number of aromatic nitrogens is 3. The molecule has 0 aliphatic heterocycles. The van der Waals surface area contributed by atoms with Gasteiger partial charge in [0.1, 0.15) is 11.5 Å². The molecule has 4 aromatic rings. The number of nitrogens with one attached hydrogen (secondary N) is 1. The molecule has 7 nitrogen and oxygen atoms in total. The molecular formula is C21H15ClF3N5O2. The lowest BCUT2D eigenvalue weighted by molar-refractivity contribution is -0.137. The van der Waals surface area contributed by atoms with Crippen molar-refractivity contribution < 1.29 is 23.1 Å². The molecule has 4 rings (SSSR count). The van der Waals surface area contributed by atoms with Crippen LogP contribution in [0.25, 0.3) is 11.0 Å². The summed E-state index contributed by atoms with van der Waals surface area (Å²) < 4.78 is 46.1. The molecule has 2 heterocycles. The molecule has 0 saturated carbocycles. The van der Waals surface area contributed by atoms with Crippen molar-refractivity contribution in [2.24, 2.45) is 12.2 Å². The number of ether oxygens (including phenoxy) is 1. The Morgan fingerprint density at radius 3 is 2.62 bits per heavy atom.